The monoisotopic (exact) mass is 332 g/mol. The third-order valence-corrected chi connectivity index (χ3v) is 7.43. The molecule has 0 aliphatic carbocycles. The number of nitrogens with zero attached hydrogens (tertiary/aromatic N) is 1. The highest BCUT2D eigenvalue weighted by molar-refractivity contribution is 6.95. The normalized spacial score (nSPS) is 13.4. The Morgan fingerprint density at radius 1 is 0.875 bits per heavy atom. The maximum Gasteiger partial charge on any atom is 0.158 e. The second-order valence-electron chi connectivity index (χ2n) is 6.24. The van der Waals surface area contributed by atoms with E-state index in [1.54, 1.807) is 6.07 Å². The maximum absolute atomic E-state index is 15.0. The predicted octanol–water partition coefficient (Wildman–Crippen LogP) is 2.33. The largest absolute Gasteiger partial charge is 0.374 e. The molecule has 0 unspecified atom stereocenters. The zero-order chi connectivity index (χ0) is 16.5. The van der Waals surface area contributed by atoms with Crippen molar-refractivity contribution >= 4 is 30.0 Å². The quantitative estimate of drug-likeness (QED) is 0.526. The number of anilines is 1. The minimum absolute atomic E-state index is 0.0795. The first-order valence-electron chi connectivity index (χ1n) is 8.26. The molecule has 0 bridgehead atoms. The van der Waals surface area contributed by atoms with Crippen molar-refractivity contribution in [3.05, 3.63) is 84.2 Å². The zero-order valence-corrected chi connectivity index (χ0v) is 14.7. The van der Waals surface area contributed by atoms with Crippen LogP contribution in [-0.4, -0.2) is 22.4 Å². The van der Waals surface area contributed by atoms with Gasteiger partial charge in [0.05, 0.1) is 0 Å². The van der Waals surface area contributed by atoms with Gasteiger partial charge in [-0.1, -0.05) is 77.1 Å². The second-order valence-corrected chi connectivity index (χ2v) is 8.68. The van der Waals surface area contributed by atoms with E-state index in [4.69, 9.17) is 0 Å². The maximum atomic E-state index is 15.0. The lowest BCUT2D eigenvalue weighted by atomic mass is 10.1. The van der Waals surface area contributed by atoms with Gasteiger partial charge in [-0.3, -0.25) is 0 Å². The number of fused-ring (bicyclic) bond motifs is 1. The molecule has 0 N–H and O–H groups in total. The molecule has 24 heavy (non-hydrogen) atoms. The third kappa shape index (κ3) is 2.65. The zero-order valence-electron chi connectivity index (χ0n) is 13.7. The molecule has 1 nitrogen and oxygen atoms in total. The first-order valence-corrected chi connectivity index (χ1v) is 9.76. The van der Waals surface area contributed by atoms with Crippen molar-refractivity contribution in [3.8, 4) is 0 Å². The van der Waals surface area contributed by atoms with Gasteiger partial charge in [-0.05, 0) is 23.2 Å². The SMILES string of the molecule is CN1CCc2cc([Si](c3ccccc3)c3ccccc3)c(F)cc21. The van der Waals surface area contributed by atoms with Crippen LogP contribution in [0.5, 0.6) is 0 Å². The Morgan fingerprint density at radius 3 is 2.04 bits per heavy atom. The number of rotatable bonds is 3. The lowest BCUT2D eigenvalue weighted by molar-refractivity contribution is 0.635. The van der Waals surface area contributed by atoms with Crippen molar-refractivity contribution < 1.29 is 4.39 Å². The van der Waals surface area contributed by atoms with E-state index in [1.165, 1.54) is 15.9 Å². The van der Waals surface area contributed by atoms with Crippen LogP contribution in [0.25, 0.3) is 0 Å². The summed E-state index contributed by atoms with van der Waals surface area (Å²) in [6.07, 6.45) is 0.998. The second kappa shape index (κ2) is 6.25. The van der Waals surface area contributed by atoms with Crippen molar-refractivity contribution in [2.75, 3.05) is 18.5 Å². The van der Waals surface area contributed by atoms with E-state index < -0.39 is 8.80 Å². The van der Waals surface area contributed by atoms with Gasteiger partial charge in [-0.2, -0.15) is 0 Å². The van der Waals surface area contributed by atoms with Gasteiger partial charge < -0.3 is 4.90 Å². The fourth-order valence-electron chi connectivity index (χ4n) is 3.45. The van der Waals surface area contributed by atoms with Gasteiger partial charge in [0, 0.05) is 19.3 Å². The molecule has 3 aromatic carbocycles. The predicted molar refractivity (Wildman–Crippen MR) is 101 cm³/mol. The van der Waals surface area contributed by atoms with Crippen molar-refractivity contribution in [2.24, 2.45) is 0 Å². The molecule has 0 saturated carbocycles. The molecule has 0 amide bonds. The smallest absolute Gasteiger partial charge is 0.158 e. The molecule has 1 heterocycles. The molecule has 3 heteroatoms. The van der Waals surface area contributed by atoms with Gasteiger partial charge in [0.25, 0.3) is 0 Å². The number of benzene rings is 3. The first-order chi connectivity index (χ1) is 11.7. The van der Waals surface area contributed by atoms with E-state index in [-0.39, 0.29) is 5.82 Å². The molecule has 0 fully saturated rings. The average Bonchev–Trinajstić information content (AvgIpc) is 2.98. The van der Waals surface area contributed by atoms with Crippen LogP contribution < -0.4 is 20.5 Å². The van der Waals surface area contributed by atoms with Gasteiger partial charge in [-0.25, -0.2) is 4.39 Å². The highest BCUT2D eigenvalue weighted by Gasteiger charge is 2.26. The molecule has 0 spiro atoms. The Morgan fingerprint density at radius 2 is 1.46 bits per heavy atom. The average molecular weight is 332 g/mol. The van der Waals surface area contributed by atoms with E-state index in [0.29, 0.717) is 0 Å². The van der Waals surface area contributed by atoms with Crippen LogP contribution in [0.4, 0.5) is 10.1 Å². The van der Waals surface area contributed by atoms with Crippen LogP contribution >= 0.6 is 0 Å². The van der Waals surface area contributed by atoms with Crippen LogP contribution in [0, 0.1) is 5.82 Å². The van der Waals surface area contributed by atoms with E-state index >= 15 is 4.39 Å². The Balaban J connectivity index is 1.89. The van der Waals surface area contributed by atoms with Crippen molar-refractivity contribution in [2.45, 2.75) is 6.42 Å². The van der Waals surface area contributed by atoms with Crippen molar-refractivity contribution in [1.82, 2.24) is 0 Å². The van der Waals surface area contributed by atoms with Crippen LogP contribution in [0.2, 0.25) is 0 Å². The topological polar surface area (TPSA) is 3.24 Å². The third-order valence-electron chi connectivity index (χ3n) is 4.69. The highest BCUT2D eigenvalue weighted by atomic mass is 28.3. The fraction of sp³-hybridized carbons (Fsp3) is 0.143. The standard InChI is InChI=1S/C21H19FNSi/c1-23-13-12-16-14-21(19(22)15-20(16)23)24(17-8-4-2-5-9-17)18-10-6-3-7-11-18/h2-11,14-15H,12-13H2,1H3. The van der Waals surface area contributed by atoms with E-state index in [0.717, 1.165) is 23.8 Å². The molecule has 4 rings (SSSR count). The van der Waals surface area contributed by atoms with Gasteiger partial charge in [-0.15, -0.1) is 0 Å². The van der Waals surface area contributed by atoms with E-state index in [1.807, 2.05) is 43.4 Å². The molecule has 0 saturated heterocycles. The van der Waals surface area contributed by atoms with Crippen LogP contribution in [0.3, 0.4) is 0 Å². The summed E-state index contributed by atoms with van der Waals surface area (Å²) in [5.74, 6) is -0.0795. The Bertz CT molecular complexity index is 809. The Hall–Kier alpha value is -2.39. The Labute approximate surface area is 144 Å². The van der Waals surface area contributed by atoms with Crippen molar-refractivity contribution in [1.29, 1.82) is 0 Å². The lowest BCUT2D eigenvalue weighted by Gasteiger charge is -2.19. The number of hydrogen-bond donors (Lipinski definition) is 0. The molecule has 0 atom stereocenters. The number of hydrogen-bond acceptors (Lipinski definition) is 1. The minimum atomic E-state index is -1.34. The van der Waals surface area contributed by atoms with Crippen molar-refractivity contribution in [3.63, 3.8) is 0 Å². The first kappa shape index (κ1) is 15.2. The highest BCUT2D eigenvalue weighted by Crippen LogP contribution is 2.26. The van der Waals surface area contributed by atoms with Gasteiger partial charge in [0.1, 0.15) is 5.82 Å². The van der Waals surface area contributed by atoms with E-state index in [9.17, 15) is 0 Å². The summed E-state index contributed by atoms with van der Waals surface area (Å²) in [6.45, 7) is 0.969. The summed E-state index contributed by atoms with van der Waals surface area (Å²) < 4.78 is 15.0. The molecule has 119 valence electrons. The summed E-state index contributed by atoms with van der Waals surface area (Å²) in [4.78, 5) is 2.14. The molecular formula is C21H19FNSi. The minimum Gasteiger partial charge on any atom is -0.374 e. The summed E-state index contributed by atoms with van der Waals surface area (Å²) in [5.41, 5.74) is 2.31. The summed E-state index contributed by atoms with van der Waals surface area (Å²) in [6, 6.07) is 24.6. The molecule has 1 aliphatic heterocycles. The molecule has 1 aliphatic rings. The summed E-state index contributed by atoms with van der Waals surface area (Å²) >= 11 is 0. The molecule has 0 aromatic heterocycles. The molecule has 3 aromatic rings. The molecule has 1 radical (unpaired) electrons. The number of likely N-dealkylation sites (N-methyl/N-ethyl adjacent to an activating group) is 1. The Kier molecular flexibility index (Phi) is 3.95. The van der Waals surface area contributed by atoms with Crippen LogP contribution in [0.15, 0.2) is 72.8 Å². The van der Waals surface area contributed by atoms with Crippen LogP contribution in [-0.2, 0) is 6.42 Å². The van der Waals surface area contributed by atoms with Crippen LogP contribution in [0.1, 0.15) is 5.56 Å². The van der Waals surface area contributed by atoms with Gasteiger partial charge in [0.2, 0.25) is 0 Å². The number of halogens is 1. The van der Waals surface area contributed by atoms with E-state index in [2.05, 4.69) is 35.2 Å². The summed E-state index contributed by atoms with van der Waals surface area (Å²) in [7, 11) is 0.694. The van der Waals surface area contributed by atoms with Gasteiger partial charge >= 0.3 is 0 Å². The summed E-state index contributed by atoms with van der Waals surface area (Å²) in [5, 5.41) is 3.31. The lowest BCUT2D eigenvalue weighted by Crippen LogP contribution is -2.53. The fourth-order valence-corrected chi connectivity index (χ4v) is 6.09. The van der Waals surface area contributed by atoms with Gasteiger partial charge in [0.15, 0.2) is 8.80 Å². The molecular weight excluding hydrogens is 313 g/mol.